The van der Waals surface area contributed by atoms with Gasteiger partial charge in [-0.3, -0.25) is 19.6 Å². The number of nitrogens with zero attached hydrogens (tertiary/aromatic N) is 3. The van der Waals surface area contributed by atoms with Crippen molar-refractivity contribution in [1.29, 1.82) is 0 Å². The van der Waals surface area contributed by atoms with E-state index in [4.69, 9.17) is 0 Å². The van der Waals surface area contributed by atoms with Gasteiger partial charge in [0.1, 0.15) is 5.69 Å². The fourth-order valence-electron chi connectivity index (χ4n) is 3.70. The number of anilines is 1. The second-order valence-electron chi connectivity index (χ2n) is 7.69. The van der Waals surface area contributed by atoms with E-state index in [0.717, 1.165) is 11.6 Å². The van der Waals surface area contributed by atoms with Crippen molar-refractivity contribution in [3.63, 3.8) is 0 Å². The summed E-state index contributed by atoms with van der Waals surface area (Å²) in [7, 11) is 0. The van der Waals surface area contributed by atoms with Crippen LogP contribution in [0.2, 0.25) is 0 Å². The number of carbonyl (C=O) groups excluding carboxylic acids is 2. The number of piperazine rings is 1. The van der Waals surface area contributed by atoms with Crippen LogP contribution in [0, 0.1) is 0 Å². The van der Waals surface area contributed by atoms with Gasteiger partial charge in [0.2, 0.25) is 5.91 Å². The molecule has 0 bridgehead atoms. The van der Waals surface area contributed by atoms with E-state index in [2.05, 4.69) is 15.5 Å². The van der Waals surface area contributed by atoms with E-state index in [1.165, 1.54) is 18.2 Å². The maximum atomic E-state index is 13.1. The standard InChI is InChI=1S/C23H22F3N5O2/c24-23(25,26)17-8-4-5-9-18(17)27-21(32)15-30-10-12-31(13-11-30)22(33)20-14-19(28-29-20)16-6-2-1-3-7-16/h1-9,14H,10-13,15H2,(H,27,32)(H,28,29). The maximum absolute atomic E-state index is 13.1. The molecular weight excluding hydrogens is 435 g/mol. The minimum atomic E-state index is -4.55. The van der Waals surface area contributed by atoms with E-state index in [9.17, 15) is 22.8 Å². The van der Waals surface area contributed by atoms with Gasteiger partial charge in [-0.2, -0.15) is 18.3 Å². The molecule has 0 radical (unpaired) electrons. The fourth-order valence-corrected chi connectivity index (χ4v) is 3.70. The zero-order chi connectivity index (χ0) is 23.4. The average molecular weight is 457 g/mol. The molecule has 33 heavy (non-hydrogen) atoms. The van der Waals surface area contributed by atoms with Gasteiger partial charge in [-0.25, -0.2) is 0 Å². The number of nitrogens with one attached hydrogen (secondary N) is 2. The Labute approximate surface area is 188 Å². The Morgan fingerprint density at radius 2 is 1.64 bits per heavy atom. The zero-order valence-electron chi connectivity index (χ0n) is 17.6. The Kier molecular flexibility index (Phi) is 6.45. The molecule has 1 saturated heterocycles. The predicted octanol–water partition coefficient (Wildman–Crippen LogP) is 3.49. The van der Waals surface area contributed by atoms with Gasteiger partial charge in [0.05, 0.1) is 23.5 Å². The zero-order valence-corrected chi connectivity index (χ0v) is 17.6. The molecule has 0 unspecified atom stereocenters. The quantitative estimate of drug-likeness (QED) is 0.615. The number of hydrogen-bond acceptors (Lipinski definition) is 4. The van der Waals surface area contributed by atoms with Crippen molar-refractivity contribution in [2.24, 2.45) is 0 Å². The van der Waals surface area contributed by atoms with E-state index >= 15 is 0 Å². The van der Waals surface area contributed by atoms with Crippen molar-refractivity contribution >= 4 is 17.5 Å². The molecule has 2 heterocycles. The lowest BCUT2D eigenvalue weighted by molar-refractivity contribution is -0.137. The van der Waals surface area contributed by atoms with E-state index in [1.54, 1.807) is 15.9 Å². The van der Waals surface area contributed by atoms with Crippen molar-refractivity contribution in [1.82, 2.24) is 20.0 Å². The number of aromatic amines is 1. The Morgan fingerprint density at radius 3 is 2.33 bits per heavy atom. The summed E-state index contributed by atoms with van der Waals surface area (Å²) in [5, 5.41) is 9.33. The molecule has 2 aromatic carbocycles. The number of H-pyrrole nitrogens is 1. The molecule has 1 aliphatic heterocycles. The largest absolute Gasteiger partial charge is 0.418 e. The SMILES string of the molecule is O=C(CN1CCN(C(=O)c2cc(-c3ccccc3)n[nH]2)CC1)Nc1ccccc1C(F)(F)F. The molecule has 1 aliphatic rings. The molecule has 4 rings (SSSR count). The van der Waals surface area contributed by atoms with Gasteiger partial charge in [-0.05, 0) is 18.2 Å². The number of carbonyl (C=O) groups is 2. The number of amides is 2. The summed E-state index contributed by atoms with van der Waals surface area (Å²) in [5.41, 5.74) is 0.799. The second kappa shape index (κ2) is 9.45. The number of alkyl halides is 3. The van der Waals surface area contributed by atoms with Crippen molar-refractivity contribution in [3.05, 3.63) is 71.9 Å². The average Bonchev–Trinajstić information content (AvgIpc) is 3.30. The molecule has 1 fully saturated rings. The Morgan fingerprint density at radius 1 is 0.970 bits per heavy atom. The van der Waals surface area contributed by atoms with E-state index in [-0.39, 0.29) is 18.1 Å². The van der Waals surface area contributed by atoms with Gasteiger partial charge in [-0.1, -0.05) is 42.5 Å². The van der Waals surface area contributed by atoms with Crippen molar-refractivity contribution in [2.75, 3.05) is 38.0 Å². The summed E-state index contributed by atoms with van der Waals surface area (Å²) in [4.78, 5) is 28.6. The summed E-state index contributed by atoms with van der Waals surface area (Å²) < 4.78 is 39.3. The van der Waals surface area contributed by atoms with Crippen LogP contribution in [0.4, 0.5) is 18.9 Å². The number of hydrogen-bond donors (Lipinski definition) is 2. The lowest BCUT2D eigenvalue weighted by Gasteiger charge is -2.34. The van der Waals surface area contributed by atoms with Crippen molar-refractivity contribution in [3.8, 4) is 11.3 Å². The number of aromatic nitrogens is 2. The monoisotopic (exact) mass is 457 g/mol. The Balaban J connectivity index is 1.30. The van der Waals surface area contributed by atoms with Crippen molar-refractivity contribution in [2.45, 2.75) is 6.18 Å². The van der Waals surface area contributed by atoms with Gasteiger partial charge in [0.15, 0.2) is 0 Å². The molecule has 172 valence electrons. The van der Waals surface area contributed by atoms with Crippen LogP contribution >= 0.6 is 0 Å². The molecular formula is C23H22F3N5O2. The number of benzene rings is 2. The minimum Gasteiger partial charge on any atom is -0.335 e. The molecule has 2 amide bonds. The smallest absolute Gasteiger partial charge is 0.335 e. The third-order valence-corrected chi connectivity index (χ3v) is 5.41. The Bertz CT molecular complexity index is 1120. The first-order chi connectivity index (χ1) is 15.8. The first-order valence-corrected chi connectivity index (χ1v) is 10.4. The molecule has 0 saturated carbocycles. The lowest BCUT2D eigenvalue weighted by atomic mass is 10.1. The van der Waals surface area contributed by atoms with Crippen LogP contribution in [0.1, 0.15) is 16.1 Å². The van der Waals surface area contributed by atoms with Gasteiger partial charge < -0.3 is 10.2 Å². The van der Waals surface area contributed by atoms with Crippen LogP contribution < -0.4 is 5.32 Å². The summed E-state index contributed by atoms with van der Waals surface area (Å²) in [6.45, 7) is 1.59. The van der Waals surface area contributed by atoms with Gasteiger partial charge >= 0.3 is 6.18 Å². The summed E-state index contributed by atoms with van der Waals surface area (Å²) in [5.74, 6) is -0.722. The predicted molar refractivity (Wildman–Crippen MR) is 116 cm³/mol. The van der Waals surface area contributed by atoms with Gasteiger partial charge in [0, 0.05) is 31.7 Å². The summed E-state index contributed by atoms with van der Waals surface area (Å²) in [6.07, 6.45) is -4.55. The van der Waals surface area contributed by atoms with Crippen molar-refractivity contribution < 1.29 is 22.8 Å². The third kappa shape index (κ3) is 5.40. The topological polar surface area (TPSA) is 81.3 Å². The van der Waals surface area contributed by atoms with E-state index in [0.29, 0.717) is 37.6 Å². The minimum absolute atomic E-state index is 0.0591. The highest BCUT2D eigenvalue weighted by molar-refractivity contribution is 5.94. The van der Waals surface area contributed by atoms with Crippen LogP contribution in [-0.2, 0) is 11.0 Å². The van der Waals surface area contributed by atoms with Crippen LogP contribution in [0.15, 0.2) is 60.7 Å². The van der Waals surface area contributed by atoms with Crippen LogP contribution in [0.5, 0.6) is 0 Å². The second-order valence-corrected chi connectivity index (χ2v) is 7.69. The number of halogens is 3. The molecule has 7 nitrogen and oxygen atoms in total. The van der Waals surface area contributed by atoms with Gasteiger partial charge in [0.25, 0.3) is 5.91 Å². The normalized spacial score (nSPS) is 14.8. The maximum Gasteiger partial charge on any atom is 0.418 e. The molecule has 3 aromatic rings. The van der Waals surface area contributed by atoms with Gasteiger partial charge in [-0.15, -0.1) is 0 Å². The van der Waals surface area contributed by atoms with Crippen LogP contribution in [0.3, 0.4) is 0 Å². The molecule has 0 spiro atoms. The number of rotatable bonds is 5. The van der Waals surface area contributed by atoms with Crippen LogP contribution in [-0.4, -0.2) is 64.5 Å². The first-order valence-electron chi connectivity index (χ1n) is 10.4. The fraction of sp³-hybridized carbons (Fsp3) is 0.261. The van der Waals surface area contributed by atoms with Crippen LogP contribution in [0.25, 0.3) is 11.3 Å². The highest BCUT2D eigenvalue weighted by Gasteiger charge is 2.33. The van der Waals surface area contributed by atoms with E-state index < -0.39 is 17.6 Å². The Hall–Kier alpha value is -3.66. The molecule has 2 N–H and O–H groups in total. The van der Waals surface area contributed by atoms with E-state index in [1.807, 2.05) is 30.3 Å². The third-order valence-electron chi connectivity index (χ3n) is 5.41. The first kappa shape index (κ1) is 22.5. The highest BCUT2D eigenvalue weighted by Crippen LogP contribution is 2.34. The number of para-hydroxylation sites is 1. The highest BCUT2D eigenvalue weighted by atomic mass is 19.4. The lowest BCUT2D eigenvalue weighted by Crippen LogP contribution is -2.50. The molecule has 0 aliphatic carbocycles. The summed E-state index contributed by atoms with van der Waals surface area (Å²) >= 11 is 0. The molecule has 1 aromatic heterocycles. The molecule has 0 atom stereocenters. The molecule has 10 heteroatoms. The summed E-state index contributed by atoms with van der Waals surface area (Å²) in [6, 6.07) is 16.1.